The predicted octanol–water partition coefficient (Wildman–Crippen LogP) is 6.75. The molecule has 0 saturated carbocycles. The quantitative estimate of drug-likeness (QED) is 0.0751. The maximum atomic E-state index is 12.9. The number of phenols is 1. The number of unbranched alkanes of at least 4 members (excludes halogenated alkanes) is 1. The first-order valence-corrected chi connectivity index (χ1v) is 18.7. The molecule has 5 aromatic rings. The zero-order valence-electron chi connectivity index (χ0n) is 29.9. The van der Waals surface area contributed by atoms with Gasteiger partial charge in [0.05, 0.1) is 30.0 Å². The second kappa shape index (κ2) is 16.7. The number of hydrogen-bond acceptors (Lipinski definition) is 7. The summed E-state index contributed by atoms with van der Waals surface area (Å²) in [5.74, 6) is 1.18. The third kappa shape index (κ3) is 8.57. The van der Waals surface area contributed by atoms with Gasteiger partial charge in [0.2, 0.25) is 5.56 Å². The Bertz CT molecular complexity index is 2060. The average Bonchev–Trinajstić information content (AvgIpc) is 3.18. The molecule has 5 N–H and O–H groups in total. The van der Waals surface area contributed by atoms with Gasteiger partial charge in [-0.25, -0.2) is 4.79 Å². The lowest BCUT2D eigenvalue weighted by atomic mass is 9.82. The minimum Gasteiger partial charge on any atom is -0.506 e. The smallest absolute Gasteiger partial charge is 0.412 e. The number of amides is 1. The van der Waals surface area contributed by atoms with Gasteiger partial charge in [-0.15, -0.1) is 0 Å². The van der Waals surface area contributed by atoms with Crippen molar-refractivity contribution in [3.8, 4) is 22.6 Å². The number of anilines is 1. The van der Waals surface area contributed by atoms with Gasteiger partial charge < -0.3 is 35.3 Å². The van der Waals surface area contributed by atoms with Crippen LogP contribution in [0.25, 0.3) is 22.0 Å². The SMILES string of the molecule is O=C(O)N(c1cc(CCCCOc2ccc(CCNC[C@@H](O)c3ccc(O)c4[nH]c(=O)ccc34)cc2)ccc1-c1ccccc1)[C@H]1CN2CCC1CC2. The number of pyridine rings is 1. The van der Waals surface area contributed by atoms with Gasteiger partial charge in [-0.1, -0.05) is 60.7 Å². The van der Waals surface area contributed by atoms with E-state index in [9.17, 15) is 24.9 Å². The third-order valence-electron chi connectivity index (χ3n) is 10.8. The van der Waals surface area contributed by atoms with Crippen LogP contribution in [0.1, 0.15) is 48.5 Å². The molecule has 53 heavy (non-hydrogen) atoms. The zero-order chi connectivity index (χ0) is 36.7. The van der Waals surface area contributed by atoms with Crippen molar-refractivity contribution in [2.75, 3.05) is 44.2 Å². The molecule has 3 fully saturated rings. The molecule has 0 radical (unpaired) electrons. The van der Waals surface area contributed by atoms with Crippen molar-refractivity contribution in [2.45, 2.75) is 50.7 Å². The number of phenolic OH excluding ortho intramolecular Hbond substituents is 1. The third-order valence-corrected chi connectivity index (χ3v) is 10.8. The number of nitrogens with one attached hydrogen (secondary N) is 2. The van der Waals surface area contributed by atoms with Gasteiger partial charge in [-0.3, -0.25) is 9.69 Å². The normalized spacial score (nSPS) is 18.5. The molecule has 276 valence electrons. The Labute approximate surface area is 309 Å². The van der Waals surface area contributed by atoms with Crippen LogP contribution in [0.2, 0.25) is 0 Å². The number of aryl methyl sites for hydroxylation is 1. The van der Waals surface area contributed by atoms with Crippen molar-refractivity contribution in [1.82, 2.24) is 15.2 Å². The van der Waals surface area contributed by atoms with Crippen LogP contribution >= 0.6 is 0 Å². The molecule has 8 rings (SSSR count). The van der Waals surface area contributed by atoms with Crippen LogP contribution in [-0.4, -0.2) is 76.7 Å². The van der Waals surface area contributed by atoms with Crippen LogP contribution in [-0.2, 0) is 12.8 Å². The molecular formula is C43H48N4O6. The molecule has 10 heteroatoms. The second-order valence-electron chi connectivity index (χ2n) is 14.3. The summed E-state index contributed by atoms with van der Waals surface area (Å²) >= 11 is 0. The first-order valence-electron chi connectivity index (χ1n) is 18.7. The summed E-state index contributed by atoms with van der Waals surface area (Å²) in [7, 11) is 0. The fourth-order valence-corrected chi connectivity index (χ4v) is 7.95. The minimum absolute atomic E-state index is 0.0295. The standard InChI is InChI=1S/C43H48N4O6/c48-39-17-15-35(36-16-18-41(50)45-42(36)39)40(49)27-44-22-19-29-9-12-33(13-10-29)53-25-5-4-6-30-11-14-34(31-7-2-1-3-8-31)37(26-30)47(43(51)52)38-28-46-23-20-32(38)21-24-46/h1-3,7-18,26,32,38,40,44,48-49H,4-6,19-25,27-28H2,(H,45,50)(H,51,52)/t38-,40+/m0/s1. The molecule has 1 amide bonds. The number of nitrogens with zero attached hydrogens (tertiary/aromatic N) is 2. The van der Waals surface area contributed by atoms with Crippen molar-refractivity contribution < 1.29 is 24.9 Å². The number of fused-ring (bicyclic) bond motifs is 4. The Balaban J connectivity index is 0.887. The lowest BCUT2D eigenvalue weighted by Gasteiger charge is -2.48. The van der Waals surface area contributed by atoms with E-state index in [4.69, 9.17) is 4.74 Å². The number of H-pyrrole nitrogens is 1. The van der Waals surface area contributed by atoms with E-state index in [1.165, 1.54) is 12.1 Å². The molecule has 0 aliphatic carbocycles. The van der Waals surface area contributed by atoms with E-state index < -0.39 is 12.2 Å². The highest BCUT2D eigenvalue weighted by Gasteiger charge is 2.40. The molecule has 3 saturated heterocycles. The summed E-state index contributed by atoms with van der Waals surface area (Å²) in [4.78, 5) is 31.3. The summed E-state index contributed by atoms with van der Waals surface area (Å²) < 4.78 is 6.05. The van der Waals surface area contributed by atoms with Gasteiger partial charge in [-0.2, -0.15) is 0 Å². The number of aromatic amines is 1. The summed E-state index contributed by atoms with van der Waals surface area (Å²) in [5, 5.41) is 35.4. The van der Waals surface area contributed by atoms with Crippen molar-refractivity contribution in [1.29, 1.82) is 0 Å². The van der Waals surface area contributed by atoms with E-state index in [0.717, 1.165) is 91.8 Å². The van der Waals surface area contributed by atoms with Crippen molar-refractivity contribution in [2.24, 2.45) is 5.92 Å². The van der Waals surface area contributed by atoms with Gasteiger partial charge >= 0.3 is 6.09 Å². The molecule has 2 atom stereocenters. The van der Waals surface area contributed by atoms with E-state index in [-0.39, 0.29) is 17.4 Å². The fourth-order valence-electron chi connectivity index (χ4n) is 7.95. The summed E-state index contributed by atoms with van der Waals surface area (Å²) in [5.41, 5.74) is 5.69. The Kier molecular flexibility index (Phi) is 11.4. The predicted molar refractivity (Wildman–Crippen MR) is 208 cm³/mol. The number of carboxylic acid groups (broad SMARTS) is 1. The molecule has 4 heterocycles. The lowest BCUT2D eigenvalue weighted by Crippen LogP contribution is -2.59. The number of ether oxygens (including phenoxy) is 1. The highest BCUT2D eigenvalue weighted by molar-refractivity contribution is 5.94. The maximum absolute atomic E-state index is 12.9. The summed E-state index contributed by atoms with van der Waals surface area (Å²) in [6.07, 6.45) is 3.82. The van der Waals surface area contributed by atoms with Gasteiger partial charge in [0, 0.05) is 30.1 Å². The van der Waals surface area contributed by atoms with Crippen LogP contribution in [0.3, 0.4) is 0 Å². The number of carbonyl (C=O) groups is 1. The Hall–Kier alpha value is -5.16. The van der Waals surface area contributed by atoms with Crippen LogP contribution < -0.4 is 20.5 Å². The molecule has 2 bridgehead atoms. The van der Waals surface area contributed by atoms with E-state index in [2.05, 4.69) is 57.7 Å². The van der Waals surface area contributed by atoms with Gasteiger partial charge in [0.25, 0.3) is 0 Å². The van der Waals surface area contributed by atoms with E-state index in [0.29, 0.717) is 42.1 Å². The lowest BCUT2D eigenvalue weighted by molar-refractivity contribution is 0.0837. The minimum atomic E-state index is -0.882. The monoisotopic (exact) mass is 716 g/mol. The number of benzene rings is 4. The number of rotatable bonds is 15. The Morgan fingerprint density at radius 1 is 0.925 bits per heavy atom. The topological polar surface area (TPSA) is 138 Å². The van der Waals surface area contributed by atoms with E-state index in [1.807, 2.05) is 30.3 Å². The largest absolute Gasteiger partial charge is 0.506 e. The summed E-state index contributed by atoms with van der Waals surface area (Å²) in [6, 6.07) is 30.6. The van der Waals surface area contributed by atoms with Crippen molar-refractivity contribution in [3.05, 3.63) is 124 Å². The van der Waals surface area contributed by atoms with E-state index in [1.54, 1.807) is 17.0 Å². The number of piperidine rings is 3. The molecule has 3 aliphatic rings. The maximum Gasteiger partial charge on any atom is 0.412 e. The van der Waals surface area contributed by atoms with Gasteiger partial charge in [0.1, 0.15) is 11.5 Å². The van der Waals surface area contributed by atoms with Crippen LogP contribution in [0.4, 0.5) is 10.5 Å². The van der Waals surface area contributed by atoms with Gasteiger partial charge in [0.15, 0.2) is 0 Å². The molecule has 10 nitrogen and oxygen atoms in total. The summed E-state index contributed by atoms with van der Waals surface area (Å²) in [6.45, 7) is 4.50. The zero-order valence-corrected chi connectivity index (χ0v) is 29.9. The highest BCUT2D eigenvalue weighted by atomic mass is 16.5. The Morgan fingerprint density at radius 2 is 1.70 bits per heavy atom. The van der Waals surface area contributed by atoms with Crippen molar-refractivity contribution in [3.63, 3.8) is 0 Å². The van der Waals surface area contributed by atoms with Gasteiger partial charge in [-0.05, 0) is 117 Å². The van der Waals surface area contributed by atoms with Crippen LogP contribution in [0.5, 0.6) is 11.5 Å². The molecule has 1 aromatic heterocycles. The number of aliphatic hydroxyl groups is 1. The van der Waals surface area contributed by atoms with Crippen LogP contribution in [0, 0.1) is 5.92 Å². The van der Waals surface area contributed by atoms with Crippen molar-refractivity contribution >= 4 is 22.7 Å². The second-order valence-corrected chi connectivity index (χ2v) is 14.3. The van der Waals surface area contributed by atoms with Crippen LogP contribution in [0.15, 0.2) is 102 Å². The molecule has 3 aliphatic heterocycles. The molecule has 0 unspecified atom stereocenters. The Morgan fingerprint density at radius 3 is 2.43 bits per heavy atom. The average molecular weight is 717 g/mol. The number of aliphatic hydroxyl groups excluding tert-OH is 1. The first kappa shape index (κ1) is 36.2. The number of hydrogen-bond donors (Lipinski definition) is 5. The fraction of sp³-hybridized carbons (Fsp3) is 0.349. The number of aromatic nitrogens is 1. The number of aromatic hydroxyl groups is 1. The molecule has 4 aromatic carbocycles. The highest BCUT2D eigenvalue weighted by Crippen LogP contribution is 2.39. The molecule has 0 spiro atoms. The van der Waals surface area contributed by atoms with E-state index >= 15 is 0 Å². The molecular weight excluding hydrogens is 668 g/mol. The first-order chi connectivity index (χ1) is 25.8.